The molecule has 2 rings (SSSR count). The Morgan fingerprint density at radius 3 is 2.92 bits per heavy atom. The Morgan fingerprint density at radius 1 is 1.40 bits per heavy atom. The zero-order chi connectivity index (χ0) is 18.1. The minimum Gasteiger partial charge on any atom is -0.493 e. The van der Waals surface area contributed by atoms with Crippen LogP contribution in [0.25, 0.3) is 0 Å². The molecule has 5 heteroatoms. The van der Waals surface area contributed by atoms with Crippen molar-refractivity contribution in [3.63, 3.8) is 0 Å². The first kappa shape index (κ1) is 19.6. The summed E-state index contributed by atoms with van der Waals surface area (Å²) in [6, 6.07) is 5.83. The summed E-state index contributed by atoms with van der Waals surface area (Å²) in [4.78, 5) is 12.2. The predicted molar refractivity (Wildman–Crippen MR) is 100 cm³/mol. The molecule has 2 atom stereocenters. The monoisotopic (exact) mass is 348 g/mol. The molecule has 0 saturated carbocycles. The van der Waals surface area contributed by atoms with Crippen LogP contribution in [0.4, 0.5) is 0 Å². The van der Waals surface area contributed by atoms with Gasteiger partial charge in [0.25, 0.3) is 0 Å². The van der Waals surface area contributed by atoms with E-state index < -0.39 is 0 Å². The molecule has 0 bridgehead atoms. The lowest BCUT2D eigenvalue weighted by Gasteiger charge is -2.18. The maximum Gasteiger partial charge on any atom is 0.220 e. The molecule has 2 N–H and O–H groups in total. The summed E-state index contributed by atoms with van der Waals surface area (Å²) in [5, 5.41) is 6.43. The van der Waals surface area contributed by atoms with Crippen LogP contribution >= 0.6 is 0 Å². The fourth-order valence-corrected chi connectivity index (χ4v) is 3.09. The van der Waals surface area contributed by atoms with Gasteiger partial charge in [0.1, 0.15) is 0 Å². The molecular weight excluding hydrogens is 316 g/mol. The molecule has 1 aromatic carbocycles. The van der Waals surface area contributed by atoms with E-state index in [0.29, 0.717) is 24.7 Å². The van der Waals surface area contributed by atoms with Crippen LogP contribution in [0, 0.1) is 5.92 Å². The van der Waals surface area contributed by atoms with Crippen LogP contribution in [-0.4, -0.2) is 32.7 Å². The lowest BCUT2D eigenvalue weighted by molar-refractivity contribution is -0.122. The van der Waals surface area contributed by atoms with Gasteiger partial charge in [0.2, 0.25) is 5.91 Å². The number of hydrogen-bond donors (Lipinski definition) is 2. The van der Waals surface area contributed by atoms with Crippen LogP contribution in [0.5, 0.6) is 11.5 Å². The van der Waals surface area contributed by atoms with E-state index in [9.17, 15) is 4.79 Å². The summed E-state index contributed by atoms with van der Waals surface area (Å²) in [5.74, 6) is 2.22. The van der Waals surface area contributed by atoms with Gasteiger partial charge >= 0.3 is 0 Å². The Kier molecular flexibility index (Phi) is 8.06. The highest BCUT2D eigenvalue weighted by molar-refractivity contribution is 5.76. The highest BCUT2D eigenvalue weighted by Gasteiger charge is 2.17. The minimum atomic E-state index is -0.0483. The third-order valence-electron chi connectivity index (χ3n) is 4.76. The van der Waals surface area contributed by atoms with Crippen molar-refractivity contribution in [1.29, 1.82) is 0 Å². The molecule has 0 aromatic heterocycles. The van der Waals surface area contributed by atoms with Crippen molar-refractivity contribution >= 4 is 5.91 Å². The van der Waals surface area contributed by atoms with Crippen LogP contribution in [0.2, 0.25) is 0 Å². The number of amides is 1. The molecule has 0 radical (unpaired) electrons. The van der Waals surface area contributed by atoms with Gasteiger partial charge in [-0.2, -0.15) is 0 Å². The first-order chi connectivity index (χ1) is 12.1. The van der Waals surface area contributed by atoms with Gasteiger partial charge in [0, 0.05) is 6.42 Å². The van der Waals surface area contributed by atoms with E-state index in [1.54, 1.807) is 7.11 Å². The third kappa shape index (κ3) is 6.24. The molecule has 140 valence electrons. The van der Waals surface area contributed by atoms with Gasteiger partial charge in [-0.25, -0.2) is 0 Å². The van der Waals surface area contributed by atoms with Crippen molar-refractivity contribution < 1.29 is 14.3 Å². The first-order valence-electron chi connectivity index (χ1n) is 9.44. The van der Waals surface area contributed by atoms with Gasteiger partial charge < -0.3 is 20.1 Å². The Balaban J connectivity index is 1.86. The number of benzene rings is 1. The number of methoxy groups -OCH3 is 1. The smallest absolute Gasteiger partial charge is 0.220 e. The normalized spacial score (nSPS) is 18.0. The second kappa shape index (κ2) is 10.3. The van der Waals surface area contributed by atoms with E-state index in [2.05, 4.69) is 17.6 Å². The van der Waals surface area contributed by atoms with Gasteiger partial charge in [-0.15, -0.1) is 0 Å². The maximum absolute atomic E-state index is 12.2. The van der Waals surface area contributed by atoms with Crippen LogP contribution in [-0.2, 0) is 4.79 Å². The van der Waals surface area contributed by atoms with E-state index in [0.717, 1.165) is 43.7 Å². The zero-order valence-electron chi connectivity index (χ0n) is 15.8. The standard InChI is InChI=1S/C20H32N2O3/c1-4-5-12-25-18-8-7-17(13-19(18)24-3)15(2)22-20(23)9-6-16-10-11-21-14-16/h7-8,13,15-16,21H,4-6,9-12,14H2,1-3H3,(H,22,23). The van der Waals surface area contributed by atoms with Gasteiger partial charge in [-0.3, -0.25) is 4.79 Å². The predicted octanol–water partition coefficient (Wildman–Crippen LogP) is 3.44. The summed E-state index contributed by atoms with van der Waals surface area (Å²) in [5.41, 5.74) is 1.02. The lowest BCUT2D eigenvalue weighted by atomic mass is 10.0. The zero-order valence-corrected chi connectivity index (χ0v) is 15.8. The average Bonchev–Trinajstić information content (AvgIpc) is 3.14. The average molecular weight is 348 g/mol. The van der Waals surface area contributed by atoms with Gasteiger partial charge in [0.05, 0.1) is 19.8 Å². The fraction of sp³-hybridized carbons (Fsp3) is 0.650. The topological polar surface area (TPSA) is 59.6 Å². The number of carbonyl (C=O) groups excluding carboxylic acids is 1. The first-order valence-corrected chi connectivity index (χ1v) is 9.44. The molecule has 1 fully saturated rings. The van der Waals surface area contributed by atoms with E-state index in [4.69, 9.17) is 9.47 Å². The molecule has 25 heavy (non-hydrogen) atoms. The molecule has 0 spiro atoms. The third-order valence-corrected chi connectivity index (χ3v) is 4.76. The van der Waals surface area contributed by atoms with Crippen LogP contribution < -0.4 is 20.1 Å². The van der Waals surface area contributed by atoms with Crippen molar-refractivity contribution in [3.8, 4) is 11.5 Å². The number of carbonyl (C=O) groups is 1. The molecule has 1 aliphatic heterocycles. The van der Waals surface area contributed by atoms with Gasteiger partial charge in [-0.1, -0.05) is 19.4 Å². The van der Waals surface area contributed by atoms with Crippen molar-refractivity contribution in [1.82, 2.24) is 10.6 Å². The molecule has 1 aromatic rings. The SMILES string of the molecule is CCCCOc1ccc(C(C)NC(=O)CCC2CCNC2)cc1OC. The summed E-state index contributed by atoms with van der Waals surface area (Å²) >= 11 is 0. The summed E-state index contributed by atoms with van der Waals surface area (Å²) in [7, 11) is 1.64. The number of nitrogens with one attached hydrogen (secondary N) is 2. The molecule has 1 saturated heterocycles. The Labute approximate surface area is 151 Å². The van der Waals surface area contributed by atoms with E-state index in [1.807, 2.05) is 25.1 Å². The van der Waals surface area contributed by atoms with Gasteiger partial charge in [-0.05, 0) is 62.9 Å². The molecule has 1 heterocycles. The highest BCUT2D eigenvalue weighted by Crippen LogP contribution is 2.30. The van der Waals surface area contributed by atoms with Crippen molar-refractivity contribution in [2.75, 3.05) is 26.8 Å². The molecular formula is C20H32N2O3. The molecule has 5 nitrogen and oxygen atoms in total. The molecule has 2 unspecified atom stereocenters. The van der Waals surface area contributed by atoms with Crippen molar-refractivity contribution in [2.45, 2.75) is 52.0 Å². The molecule has 1 amide bonds. The van der Waals surface area contributed by atoms with E-state index >= 15 is 0 Å². The maximum atomic E-state index is 12.2. The highest BCUT2D eigenvalue weighted by atomic mass is 16.5. The Morgan fingerprint density at radius 2 is 2.24 bits per heavy atom. The minimum absolute atomic E-state index is 0.0483. The lowest BCUT2D eigenvalue weighted by Crippen LogP contribution is -2.27. The molecule has 1 aliphatic rings. The molecule has 0 aliphatic carbocycles. The van der Waals surface area contributed by atoms with Crippen LogP contribution in [0.15, 0.2) is 18.2 Å². The largest absolute Gasteiger partial charge is 0.493 e. The second-order valence-electron chi connectivity index (χ2n) is 6.80. The number of rotatable bonds is 10. The number of ether oxygens (including phenoxy) is 2. The number of hydrogen-bond acceptors (Lipinski definition) is 4. The van der Waals surface area contributed by atoms with E-state index in [-0.39, 0.29) is 11.9 Å². The summed E-state index contributed by atoms with van der Waals surface area (Å²) < 4.78 is 11.2. The Hall–Kier alpha value is -1.75. The van der Waals surface area contributed by atoms with Crippen LogP contribution in [0.3, 0.4) is 0 Å². The van der Waals surface area contributed by atoms with E-state index in [1.165, 1.54) is 6.42 Å². The summed E-state index contributed by atoms with van der Waals surface area (Å²) in [6.07, 6.45) is 4.85. The Bertz CT molecular complexity index is 542. The number of unbranched alkanes of at least 4 members (excludes halogenated alkanes) is 1. The quantitative estimate of drug-likeness (QED) is 0.636. The van der Waals surface area contributed by atoms with Crippen molar-refractivity contribution in [2.24, 2.45) is 5.92 Å². The van der Waals surface area contributed by atoms with Crippen molar-refractivity contribution in [3.05, 3.63) is 23.8 Å². The van der Waals surface area contributed by atoms with Crippen LogP contribution in [0.1, 0.15) is 57.6 Å². The summed E-state index contributed by atoms with van der Waals surface area (Å²) in [6.45, 7) is 6.95. The van der Waals surface area contributed by atoms with Gasteiger partial charge in [0.15, 0.2) is 11.5 Å². The second-order valence-corrected chi connectivity index (χ2v) is 6.80. The fourth-order valence-electron chi connectivity index (χ4n) is 3.09.